The smallest absolute Gasteiger partial charge is 0.294 e. The Bertz CT molecular complexity index is 1090. The highest BCUT2D eigenvalue weighted by molar-refractivity contribution is 7.85. The average molecular weight is 400 g/mol. The molecule has 28 heavy (non-hydrogen) atoms. The van der Waals surface area contributed by atoms with Gasteiger partial charge < -0.3 is 11.1 Å². The van der Waals surface area contributed by atoms with Gasteiger partial charge in [0.1, 0.15) is 11.6 Å². The van der Waals surface area contributed by atoms with Gasteiger partial charge in [0.05, 0.1) is 10.6 Å². The fourth-order valence-electron chi connectivity index (χ4n) is 2.23. The van der Waals surface area contributed by atoms with E-state index in [1.165, 1.54) is 49.4 Å². The summed E-state index contributed by atoms with van der Waals surface area (Å²) in [7, 11) is -4.41. The quantitative estimate of drug-likeness (QED) is 0.298. The molecule has 9 nitrogen and oxygen atoms in total. The van der Waals surface area contributed by atoms with Crippen LogP contribution < -0.4 is 16.0 Å². The molecule has 0 aliphatic carbocycles. The molecule has 2 aromatic rings. The van der Waals surface area contributed by atoms with Crippen molar-refractivity contribution in [1.29, 1.82) is 5.26 Å². The molecule has 0 atom stereocenters. The van der Waals surface area contributed by atoms with Gasteiger partial charge in [-0.15, -0.1) is 0 Å². The molecule has 0 saturated heterocycles. The fraction of sp³-hybridized carbons (Fsp3) is 0.0556. The first kappa shape index (κ1) is 20.6. The second-order valence-corrected chi connectivity index (χ2v) is 6.99. The minimum Gasteiger partial charge on any atom is -0.399 e. The van der Waals surface area contributed by atoms with Crippen LogP contribution in [-0.2, 0) is 19.7 Å². The number of nitrogens with zero attached hydrogens (tertiary/aromatic N) is 2. The number of carbonyl (C=O) groups is 2. The van der Waals surface area contributed by atoms with Crippen molar-refractivity contribution in [2.24, 2.45) is 0 Å². The normalized spacial score (nSPS) is 11.4. The number of hydrogen-bond donors (Lipinski definition) is 3. The van der Waals surface area contributed by atoms with Gasteiger partial charge in [0, 0.05) is 24.5 Å². The first-order valence-corrected chi connectivity index (χ1v) is 9.22. The number of carbonyl (C=O) groups excluding carboxylic acids is 2. The lowest BCUT2D eigenvalue weighted by Gasteiger charge is -2.19. The van der Waals surface area contributed by atoms with Crippen LogP contribution in [0.4, 0.5) is 17.1 Å². The summed E-state index contributed by atoms with van der Waals surface area (Å²) >= 11 is 0. The number of imide groups is 1. The Morgan fingerprint density at radius 2 is 1.86 bits per heavy atom. The van der Waals surface area contributed by atoms with Gasteiger partial charge in [-0.1, -0.05) is 6.07 Å². The predicted octanol–water partition coefficient (Wildman–Crippen LogP) is 1.91. The zero-order chi connectivity index (χ0) is 20.9. The number of nitrogens with one attached hydrogen (secondary N) is 1. The molecule has 10 heteroatoms. The van der Waals surface area contributed by atoms with E-state index in [0.29, 0.717) is 5.69 Å². The molecule has 2 aromatic carbocycles. The van der Waals surface area contributed by atoms with Crippen LogP contribution in [0.5, 0.6) is 0 Å². The van der Waals surface area contributed by atoms with Gasteiger partial charge in [-0.3, -0.25) is 14.1 Å². The van der Waals surface area contributed by atoms with Crippen molar-refractivity contribution < 1.29 is 22.6 Å². The van der Waals surface area contributed by atoms with Gasteiger partial charge in [-0.25, -0.2) is 4.90 Å². The van der Waals surface area contributed by atoms with E-state index in [1.54, 1.807) is 6.07 Å². The molecular weight excluding hydrogens is 384 g/mol. The Hall–Kier alpha value is -3.68. The minimum atomic E-state index is -4.41. The standard InChI is InChI=1S/C18H16N4O5S/c1-12(23)22(16-7-5-14(20)6-8-16)18(24)13(10-19)11-21-15-3-2-4-17(9-15)28(25,26)27/h2-9,11,21H,20H2,1H3,(H,25,26,27)/b13-11-. The van der Waals surface area contributed by atoms with E-state index in [0.717, 1.165) is 17.2 Å². The van der Waals surface area contributed by atoms with Crippen molar-refractivity contribution in [3.63, 3.8) is 0 Å². The molecule has 0 aromatic heterocycles. The summed E-state index contributed by atoms with van der Waals surface area (Å²) in [6, 6.07) is 12.8. The summed E-state index contributed by atoms with van der Waals surface area (Å²) in [5.74, 6) is -1.48. The van der Waals surface area contributed by atoms with Gasteiger partial charge in [-0.2, -0.15) is 13.7 Å². The lowest BCUT2D eigenvalue weighted by Crippen LogP contribution is -2.36. The van der Waals surface area contributed by atoms with Crippen molar-refractivity contribution in [2.45, 2.75) is 11.8 Å². The zero-order valence-corrected chi connectivity index (χ0v) is 15.5. The monoisotopic (exact) mass is 400 g/mol. The maximum absolute atomic E-state index is 12.7. The number of nitrogens with two attached hydrogens (primary N) is 1. The summed E-state index contributed by atoms with van der Waals surface area (Å²) < 4.78 is 31.4. The lowest BCUT2D eigenvalue weighted by atomic mass is 10.2. The topological polar surface area (TPSA) is 154 Å². The van der Waals surface area contributed by atoms with E-state index in [-0.39, 0.29) is 16.3 Å². The summed E-state index contributed by atoms with van der Waals surface area (Å²) in [6.45, 7) is 1.17. The third kappa shape index (κ3) is 4.94. The highest BCUT2D eigenvalue weighted by Crippen LogP contribution is 2.20. The molecule has 2 rings (SSSR count). The van der Waals surface area contributed by atoms with Crippen LogP contribution in [0.3, 0.4) is 0 Å². The number of amides is 2. The van der Waals surface area contributed by atoms with Gasteiger partial charge in [0.2, 0.25) is 5.91 Å². The highest BCUT2D eigenvalue weighted by Gasteiger charge is 2.24. The van der Waals surface area contributed by atoms with E-state index >= 15 is 0 Å². The predicted molar refractivity (Wildman–Crippen MR) is 103 cm³/mol. The van der Waals surface area contributed by atoms with Gasteiger partial charge >= 0.3 is 0 Å². The molecule has 2 amide bonds. The third-order valence-electron chi connectivity index (χ3n) is 3.54. The van der Waals surface area contributed by atoms with Crippen LogP contribution in [0.25, 0.3) is 0 Å². The number of nitriles is 1. The molecule has 0 fully saturated rings. The van der Waals surface area contributed by atoms with Crippen LogP contribution in [-0.4, -0.2) is 24.8 Å². The van der Waals surface area contributed by atoms with E-state index in [1.807, 2.05) is 0 Å². The van der Waals surface area contributed by atoms with E-state index in [4.69, 9.17) is 10.3 Å². The Morgan fingerprint density at radius 3 is 2.39 bits per heavy atom. The number of hydrogen-bond acceptors (Lipinski definition) is 7. The molecule has 0 unspecified atom stereocenters. The first-order valence-electron chi connectivity index (χ1n) is 7.78. The Labute approximate surface area is 161 Å². The van der Waals surface area contributed by atoms with E-state index in [9.17, 15) is 23.3 Å². The summed E-state index contributed by atoms with van der Waals surface area (Å²) in [4.78, 5) is 25.1. The van der Waals surface area contributed by atoms with E-state index < -0.39 is 27.5 Å². The Kier molecular flexibility index (Phi) is 6.15. The second-order valence-electron chi connectivity index (χ2n) is 5.57. The van der Waals surface area contributed by atoms with Crippen molar-refractivity contribution >= 4 is 39.0 Å². The summed E-state index contributed by atoms with van der Waals surface area (Å²) in [5.41, 5.74) is 6.08. The molecule has 0 spiro atoms. The Balaban J connectivity index is 2.32. The number of benzene rings is 2. The molecule has 0 radical (unpaired) electrons. The third-order valence-corrected chi connectivity index (χ3v) is 4.38. The molecule has 4 N–H and O–H groups in total. The first-order chi connectivity index (χ1) is 13.1. The van der Waals surface area contributed by atoms with Crippen molar-refractivity contribution in [2.75, 3.05) is 16.0 Å². The maximum Gasteiger partial charge on any atom is 0.294 e. The molecule has 0 saturated carbocycles. The molecule has 144 valence electrons. The van der Waals surface area contributed by atoms with Crippen LogP contribution in [0.2, 0.25) is 0 Å². The SMILES string of the molecule is CC(=O)N(C(=O)/C(C#N)=C\Nc1cccc(S(=O)(=O)O)c1)c1ccc(N)cc1. The number of nitrogen functional groups attached to an aromatic ring is 1. The van der Waals surface area contributed by atoms with Crippen LogP contribution in [0.1, 0.15) is 6.92 Å². The van der Waals surface area contributed by atoms with Crippen molar-refractivity contribution in [3.8, 4) is 6.07 Å². The average Bonchev–Trinajstić information content (AvgIpc) is 2.63. The van der Waals surface area contributed by atoms with Crippen LogP contribution in [0.15, 0.2) is 65.2 Å². The largest absolute Gasteiger partial charge is 0.399 e. The summed E-state index contributed by atoms with van der Waals surface area (Å²) in [5, 5.41) is 11.9. The molecule has 0 bridgehead atoms. The maximum atomic E-state index is 12.7. The lowest BCUT2D eigenvalue weighted by molar-refractivity contribution is -0.123. The van der Waals surface area contributed by atoms with Crippen molar-refractivity contribution in [1.82, 2.24) is 0 Å². The molecular formula is C18H16N4O5S. The minimum absolute atomic E-state index is 0.206. The van der Waals surface area contributed by atoms with Gasteiger partial charge in [0.25, 0.3) is 16.0 Å². The van der Waals surface area contributed by atoms with Gasteiger partial charge in [-0.05, 0) is 42.5 Å². The van der Waals surface area contributed by atoms with E-state index in [2.05, 4.69) is 5.32 Å². The van der Waals surface area contributed by atoms with Crippen molar-refractivity contribution in [3.05, 3.63) is 60.3 Å². The van der Waals surface area contributed by atoms with Crippen LogP contribution >= 0.6 is 0 Å². The number of anilines is 3. The molecule has 0 aliphatic rings. The molecule has 0 aliphatic heterocycles. The zero-order valence-electron chi connectivity index (χ0n) is 14.7. The second kappa shape index (κ2) is 8.34. The van der Waals surface area contributed by atoms with Gasteiger partial charge in [0.15, 0.2) is 0 Å². The fourth-order valence-corrected chi connectivity index (χ4v) is 2.76. The molecule has 0 heterocycles. The Morgan fingerprint density at radius 1 is 1.21 bits per heavy atom. The summed E-state index contributed by atoms with van der Waals surface area (Å²) in [6.07, 6.45) is 1.04. The van der Waals surface area contributed by atoms with Crippen LogP contribution in [0, 0.1) is 11.3 Å². The highest BCUT2D eigenvalue weighted by atomic mass is 32.2. The number of rotatable bonds is 5.